The van der Waals surface area contributed by atoms with Crippen LogP contribution in [0.2, 0.25) is 0 Å². The molecule has 6 nitrogen and oxygen atoms in total. The van der Waals surface area contributed by atoms with E-state index in [4.69, 9.17) is 9.72 Å². The lowest BCUT2D eigenvalue weighted by Crippen LogP contribution is -2.23. The third-order valence-corrected chi connectivity index (χ3v) is 5.83. The first-order chi connectivity index (χ1) is 15.0. The van der Waals surface area contributed by atoms with E-state index in [1.165, 1.54) is 5.56 Å². The van der Waals surface area contributed by atoms with E-state index >= 15 is 0 Å². The van der Waals surface area contributed by atoms with Crippen molar-refractivity contribution in [3.63, 3.8) is 0 Å². The Labute approximate surface area is 189 Å². The summed E-state index contributed by atoms with van der Waals surface area (Å²) in [5.41, 5.74) is 6.20. The molecule has 4 rings (SSSR count). The summed E-state index contributed by atoms with van der Waals surface area (Å²) in [6.07, 6.45) is 2.33. The van der Waals surface area contributed by atoms with Crippen LogP contribution in [-0.4, -0.2) is 27.6 Å². The van der Waals surface area contributed by atoms with Crippen molar-refractivity contribution in [3.8, 4) is 5.75 Å². The summed E-state index contributed by atoms with van der Waals surface area (Å²) in [6, 6.07) is 15.8. The molecular weight excluding hydrogens is 456 g/mol. The number of benzene rings is 2. The first-order valence-electron chi connectivity index (χ1n) is 9.95. The van der Waals surface area contributed by atoms with Crippen LogP contribution in [0, 0.1) is 13.8 Å². The van der Waals surface area contributed by atoms with Crippen molar-refractivity contribution in [1.29, 1.82) is 0 Å². The molecule has 0 atom stereocenters. The summed E-state index contributed by atoms with van der Waals surface area (Å²) in [5.74, 6) is 0.586. The maximum Gasteiger partial charge on any atom is 0.257 e. The second-order valence-corrected chi connectivity index (χ2v) is 8.31. The topological polar surface area (TPSA) is 68.5 Å². The van der Waals surface area contributed by atoms with Gasteiger partial charge in [-0.25, -0.2) is 9.50 Å². The maximum absolute atomic E-state index is 12.8. The van der Waals surface area contributed by atoms with Crippen molar-refractivity contribution in [2.45, 2.75) is 26.8 Å². The lowest BCUT2D eigenvalue weighted by atomic mass is 10.0. The largest absolute Gasteiger partial charge is 0.497 e. The van der Waals surface area contributed by atoms with Gasteiger partial charge in [-0.3, -0.25) is 4.79 Å². The maximum atomic E-state index is 12.8. The van der Waals surface area contributed by atoms with Gasteiger partial charge in [-0.2, -0.15) is 5.10 Å². The zero-order chi connectivity index (χ0) is 22.0. The molecule has 0 radical (unpaired) electrons. The smallest absolute Gasteiger partial charge is 0.257 e. The van der Waals surface area contributed by atoms with Gasteiger partial charge in [0, 0.05) is 28.8 Å². The van der Waals surface area contributed by atoms with Crippen molar-refractivity contribution in [2.75, 3.05) is 7.11 Å². The Bertz CT molecular complexity index is 1250. The van der Waals surface area contributed by atoms with Crippen molar-refractivity contribution in [3.05, 3.63) is 92.8 Å². The molecule has 4 aromatic rings. The molecule has 7 heteroatoms. The SMILES string of the molecule is COc1ccc(CNC(=O)c2cnn3c(C)c(Cc4cccc(Br)c4)c(C)nc23)cc1. The van der Waals surface area contributed by atoms with Crippen LogP contribution in [0.4, 0.5) is 0 Å². The molecule has 2 aromatic carbocycles. The van der Waals surface area contributed by atoms with Crippen LogP contribution >= 0.6 is 15.9 Å². The molecule has 1 N–H and O–H groups in total. The van der Waals surface area contributed by atoms with Crippen LogP contribution in [-0.2, 0) is 13.0 Å². The van der Waals surface area contributed by atoms with E-state index in [1.54, 1.807) is 17.8 Å². The molecule has 2 aromatic heterocycles. The minimum atomic E-state index is -0.197. The van der Waals surface area contributed by atoms with E-state index < -0.39 is 0 Å². The van der Waals surface area contributed by atoms with E-state index in [0.29, 0.717) is 17.8 Å². The quantitative estimate of drug-likeness (QED) is 0.438. The highest BCUT2D eigenvalue weighted by Crippen LogP contribution is 2.22. The lowest BCUT2D eigenvalue weighted by molar-refractivity contribution is 0.0952. The fraction of sp³-hybridized carbons (Fsp3) is 0.208. The Morgan fingerprint density at radius 2 is 1.90 bits per heavy atom. The van der Waals surface area contributed by atoms with Gasteiger partial charge in [-0.05, 0) is 54.8 Å². The van der Waals surface area contributed by atoms with E-state index in [1.807, 2.05) is 50.2 Å². The second kappa shape index (κ2) is 8.89. The summed E-state index contributed by atoms with van der Waals surface area (Å²) in [6.45, 7) is 4.41. The van der Waals surface area contributed by atoms with Crippen LogP contribution < -0.4 is 10.1 Å². The highest BCUT2D eigenvalue weighted by molar-refractivity contribution is 9.10. The van der Waals surface area contributed by atoms with Crippen molar-refractivity contribution in [2.24, 2.45) is 0 Å². The first kappa shape index (κ1) is 21.1. The molecule has 0 aliphatic rings. The number of nitrogens with zero attached hydrogens (tertiary/aromatic N) is 3. The number of carbonyl (C=O) groups excluding carboxylic acids is 1. The number of rotatable bonds is 6. The molecule has 0 aliphatic carbocycles. The summed E-state index contributed by atoms with van der Waals surface area (Å²) >= 11 is 3.53. The summed E-state index contributed by atoms with van der Waals surface area (Å²) in [7, 11) is 1.63. The normalized spacial score (nSPS) is 11.0. The number of fused-ring (bicyclic) bond motifs is 1. The number of hydrogen-bond acceptors (Lipinski definition) is 4. The third-order valence-electron chi connectivity index (χ3n) is 5.34. The molecule has 0 bridgehead atoms. The average molecular weight is 479 g/mol. The van der Waals surface area contributed by atoms with E-state index in [0.717, 1.165) is 39.2 Å². The molecule has 31 heavy (non-hydrogen) atoms. The molecule has 0 aliphatic heterocycles. The standard InChI is InChI=1S/C24H23BrN4O2/c1-15-21(12-18-5-4-6-19(25)11-18)16(2)29-23(28-15)22(14-27-29)24(30)26-13-17-7-9-20(31-3)10-8-17/h4-11,14H,12-13H2,1-3H3,(H,26,30). The van der Waals surface area contributed by atoms with Crippen LogP contribution in [0.3, 0.4) is 0 Å². The molecule has 0 saturated carbocycles. The summed E-state index contributed by atoms with van der Waals surface area (Å²) < 4.78 is 7.97. The van der Waals surface area contributed by atoms with Crippen LogP contribution in [0.5, 0.6) is 5.75 Å². The molecule has 158 valence electrons. The Kier molecular flexibility index (Phi) is 6.04. The Morgan fingerprint density at radius 3 is 2.61 bits per heavy atom. The molecule has 0 unspecified atom stereocenters. The summed E-state index contributed by atoms with van der Waals surface area (Å²) in [5, 5.41) is 7.40. The summed E-state index contributed by atoms with van der Waals surface area (Å²) in [4.78, 5) is 17.5. The number of carbonyl (C=O) groups is 1. The molecule has 2 heterocycles. The predicted molar refractivity (Wildman–Crippen MR) is 124 cm³/mol. The van der Waals surface area contributed by atoms with Gasteiger partial charge in [0.05, 0.1) is 13.3 Å². The number of ether oxygens (including phenoxy) is 1. The molecule has 0 saturated heterocycles. The van der Waals surface area contributed by atoms with Gasteiger partial charge >= 0.3 is 0 Å². The van der Waals surface area contributed by atoms with Crippen molar-refractivity contribution in [1.82, 2.24) is 19.9 Å². The van der Waals surface area contributed by atoms with Gasteiger partial charge in [0.25, 0.3) is 5.91 Å². The number of hydrogen-bond donors (Lipinski definition) is 1. The van der Waals surface area contributed by atoms with Crippen LogP contribution in [0.15, 0.2) is 59.2 Å². The zero-order valence-corrected chi connectivity index (χ0v) is 19.2. The van der Waals surface area contributed by atoms with Gasteiger partial charge in [0.15, 0.2) is 5.65 Å². The average Bonchev–Trinajstić information content (AvgIpc) is 3.19. The van der Waals surface area contributed by atoms with Gasteiger partial charge in [-0.15, -0.1) is 0 Å². The molecule has 1 amide bonds. The fourth-order valence-electron chi connectivity index (χ4n) is 3.60. The minimum absolute atomic E-state index is 0.197. The number of nitrogens with one attached hydrogen (secondary N) is 1. The number of halogens is 1. The molecular formula is C24H23BrN4O2. The zero-order valence-electron chi connectivity index (χ0n) is 17.6. The van der Waals surface area contributed by atoms with Crippen molar-refractivity contribution >= 4 is 27.5 Å². The first-order valence-corrected chi connectivity index (χ1v) is 10.7. The Morgan fingerprint density at radius 1 is 1.13 bits per heavy atom. The minimum Gasteiger partial charge on any atom is -0.497 e. The van der Waals surface area contributed by atoms with Gasteiger partial charge in [0.1, 0.15) is 11.3 Å². The Balaban J connectivity index is 1.57. The monoisotopic (exact) mass is 478 g/mol. The van der Waals surface area contributed by atoms with Crippen molar-refractivity contribution < 1.29 is 9.53 Å². The van der Waals surface area contributed by atoms with Crippen LogP contribution in [0.25, 0.3) is 5.65 Å². The fourth-order valence-corrected chi connectivity index (χ4v) is 4.05. The van der Waals surface area contributed by atoms with Crippen LogP contribution in [0.1, 0.15) is 38.4 Å². The highest BCUT2D eigenvalue weighted by Gasteiger charge is 2.18. The number of aryl methyl sites for hydroxylation is 2. The van der Waals surface area contributed by atoms with Gasteiger partial charge in [0.2, 0.25) is 0 Å². The molecule has 0 fully saturated rings. The number of methoxy groups -OCH3 is 1. The number of aromatic nitrogens is 3. The van der Waals surface area contributed by atoms with Gasteiger partial charge in [-0.1, -0.05) is 40.2 Å². The van der Waals surface area contributed by atoms with E-state index in [9.17, 15) is 4.79 Å². The molecule has 0 spiro atoms. The van der Waals surface area contributed by atoms with E-state index in [2.05, 4.69) is 38.5 Å². The van der Waals surface area contributed by atoms with E-state index in [-0.39, 0.29) is 5.91 Å². The number of amides is 1. The van der Waals surface area contributed by atoms with Gasteiger partial charge < -0.3 is 10.1 Å². The predicted octanol–water partition coefficient (Wildman–Crippen LogP) is 4.64. The lowest BCUT2D eigenvalue weighted by Gasteiger charge is -2.12. The third kappa shape index (κ3) is 4.46. The Hall–Kier alpha value is -3.19. The second-order valence-electron chi connectivity index (χ2n) is 7.39. The highest BCUT2D eigenvalue weighted by atomic mass is 79.9.